The van der Waals surface area contributed by atoms with Gasteiger partial charge in [-0.05, 0) is 66.7 Å². The van der Waals surface area contributed by atoms with E-state index in [4.69, 9.17) is 23.2 Å². The molecule has 0 atom stereocenters. The van der Waals surface area contributed by atoms with Gasteiger partial charge in [0.2, 0.25) is 0 Å². The fraction of sp³-hybridized carbons (Fsp3) is 0. The molecule has 0 aliphatic carbocycles. The first-order valence-corrected chi connectivity index (χ1v) is 17.3. The zero-order chi connectivity index (χ0) is 33.9. The number of benzene rings is 7. The predicted molar refractivity (Wildman–Crippen MR) is 209 cm³/mol. The third kappa shape index (κ3) is 3.78. The standard InChI is InChI=1S/C46H25N3O3/c1-2-10-28(11-3-1)49-35-15-7-4-12-29(35)34-22-23-38-41(44(34)49)43-45(52-38)42(26-18-20-32-30-13-5-8-16-36(30)50-39(32)24-26)47-46(48-43)27-19-21-33-31-14-6-9-17-37(31)51-40(33)25-27/h1-25H. The molecule has 242 valence electrons. The lowest BCUT2D eigenvalue weighted by atomic mass is 10.1. The van der Waals surface area contributed by atoms with Gasteiger partial charge >= 0.3 is 0 Å². The van der Waals surface area contributed by atoms with Crippen molar-refractivity contribution in [3.8, 4) is 28.3 Å². The van der Waals surface area contributed by atoms with Crippen LogP contribution in [0.4, 0.5) is 0 Å². The highest BCUT2D eigenvalue weighted by Gasteiger charge is 2.24. The average molecular weight is 668 g/mol. The van der Waals surface area contributed by atoms with Crippen LogP contribution in [0.1, 0.15) is 0 Å². The van der Waals surface area contributed by atoms with Crippen LogP contribution in [-0.2, 0) is 0 Å². The van der Waals surface area contributed by atoms with Gasteiger partial charge in [-0.2, -0.15) is 0 Å². The van der Waals surface area contributed by atoms with Gasteiger partial charge < -0.3 is 17.8 Å². The van der Waals surface area contributed by atoms with Gasteiger partial charge in [0.25, 0.3) is 0 Å². The van der Waals surface area contributed by atoms with E-state index < -0.39 is 0 Å². The molecular weight excluding hydrogens is 643 g/mol. The molecule has 0 bridgehead atoms. The molecule has 0 aliphatic rings. The molecule has 0 amide bonds. The molecule has 0 unspecified atom stereocenters. The minimum atomic E-state index is 0.580. The van der Waals surface area contributed by atoms with Crippen molar-refractivity contribution in [3.63, 3.8) is 0 Å². The van der Waals surface area contributed by atoms with Crippen molar-refractivity contribution in [3.05, 3.63) is 152 Å². The largest absolute Gasteiger partial charge is 0.456 e. The highest BCUT2D eigenvalue weighted by Crippen LogP contribution is 2.44. The van der Waals surface area contributed by atoms with Gasteiger partial charge in [-0.15, -0.1) is 0 Å². The highest BCUT2D eigenvalue weighted by atomic mass is 16.3. The van der Waals surface area contributed by atoms with Crippen LogP contribution in [0.15, 0.2) is 165 Å². The minimum absolute atomic E-state index is 0.580. The number of furan rings is 3. The number of aromatic nitrogens is 3. The average Bonchev–Trinajstić information content (AvgIpc) is 3.95. The smallest absolute Gasteiger partial charge is 0.180 e. The molecule has 6 heteroatoms. The summed E-state index contributed by atoms with van der Waals surface area (Å²) in [4.78, 5) is 10.6. The SMILES string of the molecule is c1ccc(-n2c3ccccc3c3ccc4oc5c(-c6ccc7c(c6)oc6ccccc67)nc(-c6ccc7c(c6)oc6ccccc67)nc5c4c32)cc1. The molecule has 5 heterocycles. The third-order valence-electron chi connectivity index (χ3n) is 10.4. The first kappa shape index (κ1) is 27.6. The van der Waals surface area contributed by atoms with Gasteiger partial charge in [-0.25, -0.2) is 9.97 Å². The molecule has 12 aromatic rings. The number of fused-ring (bicyclic) bond motifs is 13. The Morgan fingerprint density at radius 2 is 1.02 bits per heavy atom. The van der Waals surface area contributed by atoms with Gasteiger partial charge in [0.1, 0.15) is 39.1 Å². The Bertz CT molecular complexity index is 3420. The van der Waals surface area contributed by atoms with Crippen molar-refractivity contribution in [2.45, 2.75) is 0 Å². The molecule has 12 rings (SSSR count). The summed E-state index contributed by atoms with van der Waals surface area (Å²) in [7, 11) is 0. The van der Waals surface area contributed by atoms with Crippen LogP contribution in [0.2, 0.25) is 0 Å². The molecule has 7 aromatic carbocycles. The van der Waals surface area contributed by atoms with Crippen molar-refractivity contribution in [1.29, 1.82) is 0 Å². The first-order chi connectivity index (χ1) is 25.8. The van der Waals surface area contributed by atoms with Gasteiger partial charge in [0, 0.05) is 49.1 Å². The van der Waals surface area contributed by atoms with Crippen molar-refractivity contribution in [1.82, 2.24) is 14.5 Å². The fourth-order valence-corrected chi connectivity index (χ4v) is 8.09. The maximum Gasteiger partial charge on any atom is 0.180 e. The molecule has 5 aromatic heterocycles. The van der Waals surface area contributed by atoms with Crippen LogP contribution < -0.4 is 0 Å². The summed E-state index contributed by atoms with van der Waals surface area (Å²) in [5.74, 6) is 0.580. The number of para-hydroxylation sites is 4. The quantitative estimate of drug-likeness (QED) is 0.188. The van der Waals surface area contributed by atoms with E-state index in [1.807, 2.05) is 48.5 Å². The Kier molecular flexibility index (Phi) is 5.41. The zero-order valence-electron chi connectivity index (χ0n) is 27.5. The Morgan fingerprint density at radius 3 is 1.77 bits per heavy atom. The molecule has 52 heavy (non-hydrogen) atoms. The summed E-state index contributed by atoms with van der Waals surface area (Å²) in [6, 6.07) is 52.0. The van der Waals surface area contributed by atoms with Gasteiger partial charge in [-0.1, -0.05) is 84.9 Å². The highest BCUT2D eigenvalue weighted by molar-refractivity contribution is 6.25. The summed E-state index contributed by atoms with van der Waals surface area (Å²) >= 11 is 0. The Balaban J connectivity index is 1.21. The number of hydrogen-bond donors (Lipinski definition) is 0. The number of nitrogens with zero attached hydrogens (tertiary/aromatic N) is 3. The maximum absolute atomic E-state index is 6.82. The van der Waals surface area contributed by atoms with E-state index >= 15 is 0 Å². The van der Waals surface area contributed by atoms with Crippen LogP contribution in [0.25, 0.3) is 116 Å². The van der Waals surface area contributed by atoms with Crippen LogP contribution in [0, 0.1) is 0 Å². The molecule has 0 aliphatic heterocycles. The van der Waals surface area contributed by atoms with E-state index in [1.165, 1.54) is 0 Å². The Hall–Kier alpha value is -7.18. The van der Waals surface area contributed by atoms with Crippen molar-refractivity contribution < 1.29 is 13.3 Å². The second kappa shape index (κ2) is 10.2. The summed E-state index contributed by atoms with van der Waals surface area (Å²) in [6.07, 6.45) is 0. The van der Waals surface area contributed by atoms with Crippen LogP contribution in [-0.4, -0.2) is 14.5 Å². The summed E-state index contributed by atoms with van der Waals surface area (Å²) in [5, 5.41) is 7.50. The van der Waals surface area contributed by atoms with Crippen molar-refractivity contribution >= 4 is 87.8 Å². The topological polar surface area (TPSA) is 70.1 Å². The van der Waals surface area contributed by atoms with Gasteiger partial charge in [0.15, 0.2) is 11.4 Å². The van der Waals surface area contributed by atoms with Gasteiger partial charge in [0.05, 0.1) is 16.4 Å². The van der Waals surface area contributed by atoms with E-state index in [2.05, 4.69) is 108 Å². The molecule has 0 spiro atoms. The van der Waals surface area contributed by atoms with Crippen molar-refractivity contribution in [2.24, 2.45) is 0 Å². The molecule has 0 N–H and O–H groups in total. The van der Waals surface area contributed by atoms with Crippen LogP contribution in [0.5, 0.6) is 0 Å². The van der Waals surface area contributed by atoms with E-state index in [9.17, 15) is 0 Å². The lowest BCUT2D eigenvalue weighted by molar-refractivity contribution is 0.666. The van der Waals surface area contributed by atoms with E-state index in [1.54, 1.807) is 0 Å². The molecule has 0 saturated carbocycles. The summed E-state index contributed by atoms with van der Waals surface area (Å²) in [6.45, 7) is 0. The first-order valence-electron chi connectivity index (χ1n) is 17.3. The molecule has 6 nitrogen and oxygen atoms in total. The van der Waals surface area contributed by atoms with Crippen LogP contribution >= 0.6 is 0 Å². The third-order valence-corrected chi connectivity index (χ3v) is 10.4. The lowest BCUT2D eigenvalue weighted by Crippen LogP contribution is -1.95. The number of hydrogen-bond acceptors (Lipinski definition) is 5. The van der Waals surface area contributed by atoms with E-state index in [0.29, 0.717) is 17.1 Å². The summed E-state index contributed by atoms with van der Waals surface area (Å²) in [5.41, 5.74) is 11.0. The van der Waals surface area contributed by atoms with Crippen LogP contribution in [0.3, 0.4) is 0 Å². The normalized spacial score (nSPS) is 12.2. The van der Waals surface area contributed by atoms with Crippen molar-refractivity contribution in [2.75, 3.05) is 0 Å². The molecule has 0 saturated heterocycles. The predicted octanol–water partition coefficient (Wildman–Crippen LogP) is 12.6. The summed E-state index contributed by atoms with van der Waals surface area (Å²) < 4.78 is 21.8. The molecule has 0 radical (unpaired) electrons. The molecule has 0 fully saturated rings. The minimum Gasteiger partial charge on any atom is -0.456 e. The second-order valence-corrected chi connectivity index (χ2v) is 13.3. The second-order valence-electron chi connectivity index (χ2n) is 13.3. The lowest BCUT2D eigenvalue weighted by Gasteiger charge is -2.09. The zero-order valence-corrected chi connectivity index (χ0v) is 27.5. The Labute approximate surface area is 294 Å². The fourth-order valence-electron chi connectivity index (χ4n) is 8.09. The van der Waals surface area contributed by atoms with Gasteiger partial charge in [-0.3, -0.25) is 0 Å². The number of rotatable bonds is 3. The van der Waals surface area contributed by atoms with E-state index in [0.717, 1.165) is 99.0 Å². The van der Waals surface area contributed by atoms with E-state index in [-0.39, 0.29) is 0 Å². The maximum atomic E-state index is 6.82. The monoisotopic (exact) mass is 667 g/mol. The Morgan fingerprint density at radius 1 is 0.423 bits per heavy atom. The molecular formula is C46H25N3O3.